The maximum atomic E-state index is 10.3. The first-order valence-electron chi connectivity index (χ1n) is 2.81. The van der Waals surface area contributed by atoms with E-state index in [1.807, 2.05) is 13.8 Å². The molecule has 52 valence electrons. The van der Waals surface area contributed by atoms with E-state index in [1.54, 1.807) is 6.08 Å². The van der Waals surface area contributed by atoms with Gasteiger partial charge in [-0.2, -0.15) is 0 Å². The van der Waals surface area contributed by atoms with E-state index < -0.39 is 5.91 Å². The summed E-state index contributed by atoms with van der Waals surface area (Å²) in [5.74, 6) is -0.277. The molecule has 0 spiro atoms. The van der Waals surface area contributed by atoms with Gasteiger partial charge in [0.25, 0.3) is 5.91 Å². The van der Waals surface area contributed by atoms with Crippen molar-refractivity contribution in [1.82, 2.24) is 0 Å². The molecule has 0 aromatic rings. The van der Waals surface area contributed by atoms with Crippen LogP contribution in [0.25, 0.3) is 0 Å². The molecule has 0 heterocycles. The van der Waals surface area contributed by atoms with Gasteiger partial charge < -0.3 is 11.5 Å². The van der Waals surface area contributed by atoms with Crippen LogP contribution in [-0.4, -0.2) is 5.91 Å². The molecule has 0 aromatic heterocycles. The van der Waals surface area contributed by atoms with Crippen molar-refractivity contribution in [2.75, 3.05) is 0 Å². The Morgan fingerprint density at radius 2 is 1.89 bits per heavy atom. The van der Waals surface area contributed by atoms with Crippen molar-refractivity contribution >= 4 is 5.91 Å². The van der Waals surface area contributed by atoms with E-state index >= 15 is 0 Å². The molecule has 0 unspecified atom stereocenters. The molecule has 0 atom stereocenters. The predicted molar refractivity (Wildman–Crippen MR) is 36.3 cm³/mol. The van der Waals surface area contributed by atoms with E-state index in [1.165, 1.54) is 0 Å². The molecule has 3 heteroatoms. The molecule has 1 amide bonds. The summed E-state index contributed by atoms with van der Waals surface area (Å²) in [5, 5.41) is 0. The van der Waals surface area contributed by atoms with Crippen LogP contribution in [-0.2, 0) is 4.79 Å². The highest BCUT2D eigenvalue weighted by Crippen LogP contribution is 1.95. The van der Waals surface area contributed by atoms with Gasteiger partial charge >= 0.3 is 0 Å². The molecule has 0 radical (unpaired) electrons. The molecule has 4 N–H and O–H groups in total. The number of hydrogen-bond donors (Lipinski definition) is 2. The van der Waals surface area contributed by atoms with Crippen molar-refractivity contribution in [2.24, 2.45) is 17.4 Å². The molecule has 0 bridgehead atoms. The summed E-state index contributed by atoms with van der Waals surface area (Å²) in [6, 6.07) is 0. The number of carbonyl (C=O) groups excluding carboxylic acids is 1. The second-order valence-corrected chi connectivity index (χ2v) is 2.23. The minimum atomic E-state index is -0.552. The Hall–Kier alpha value is -0.990. The maximum absolute atomic E-state index is 10.3. The van der Waals surface area contributed by atoms with Crippen molar-refractivity contribution in [3.8, 4) is 0 Å². The van der Waals surface area contributed by atoms with E-state index in [2.05, 4.69) is 0 Å². The quantitative estimate of drug-likeness (QED) is 0.513. The standard InChI is InChI=1S/C6H12N2O/c1-4(2)3-5(7)6(8)9/h3-4H,7H2,1-2H3,(H2,8,9). The summed E-state index contributed by atoms with van der Waals surface area (Å²) < 4.78 is 0. The maximum Gasteiger partial charge on any atom is 0.264 e. The fourth-order valence-corrected chi connectivity index (χ4v) is 0.441. The zero-order valence-corrected chi connectivity index (χ0v) is 5.72. The summed E-state index contributed by atoms with van der Waals surface area (Å²) >= 11 is 0. The summed E-state index contributed by atoms with van der Waals surface area (Å²) in [6.07, 6.45) is 1.63. The second-order valence-electron chi connectivity index (χ2n) is 2.23. The minimum absolute atomic E-state index is 0.144. The van der Waals surface area contributed by atoms with Crippen molar-refractivity contribution < 1.29 is 4.79 Å². The number of carbonyl (C=O) groups is 1. The summed E-state index contributed by atoms with van der Waals surface area (Å²) in [4.78, 5) is 10.3. The van der Waals surface area contributed by atoms with E-state index in [0.29, 0.717) is 0 Å². The molecule has 0 aromatic carbocycles. The topological polar surface area (TPSA) is 69.1 Å². The number of nitrogens with two attached hydrogens (primary N) is 2. The average Bonchev–Trinajstić information content (AvgIpc) is 1.63. The highest BCUT2D eigenvalue weighted by molar-refractivity contribution is 5.90. The van der Waals surface area contributed by atoms with Crippen LogP contribution in [0.4, 0.5) is 0 Å². The first-order valence-corrected chi connectivity index (χ1v) is 2.81. The molecule has 3 nitrogen and oxygen atoms in total. The number of rotatable bonds is 2. The van der Waals surface area contributed by atoms with Gasteiger partial charge in [0.15, 0.2) is 0 Å². The Morgan fingerprint density at radius 1 is 1.44 bits per heavy atom. The van der Waals surface area contributed by atoms with Gasteiger partial charge in [-0.25, -0.2) is 0 Å². The molecular formula is C6H12N2O. The van der Waals surface area contributed by atoms with Crippen LogP contribution in [0.1, 0.15) is 13.8 Å². The molecular weight excluding hydrogens is 116 g/mol. The first-order chi connectivity index (χ1) is 4.04. The Morgan fingerprint density at radius 3 is 2.00 bits per heavy atom. The fraction of sp³-hybridized carbons (Fsp3) is 0.500. The van der Waals surface area contributed by atoms with Crippen molar-refractivity contribution in [3.63, 3.8) is 0 Å². The third kappa shape index (κ3) is 3.58. The van der Waals surface area contributed by atoms with Gasteiger partial charge in [0, 0.05) is 0 Å². The van der Waals surface area contributed by atoms with E-state index in [0.717, 1.165) is 0 Å². The molecule has 0 rings (SSSR count). The van der Waals surface area contributed by atoms with Crippen LogP contribution in [0.3, 0.4) is 0 Å². The average molecular weight is 128 g/mol. The number of allylic oxidation sites excluding steroid dienone is 1. The zero-order valence-electron chi connectivity index (χ0n) is 5.72. The molecule has 0 fully saturated rings. The monoisotopic (exact) mass is 128 g/mol. The molecule has 0 aliphatic rings. The van der Waals surface area contributed by atoms with Crippen molar-refractivity contribution in [1.29, 1.82) is 0 Å². The third-order valence-corrected chi connectivity index (χ3v) is 0.797. The van der Waals surface area contributed by atoms with Crippen LogP contribution in [0, 0.1) is 5.92 Å². The lowest BCUT2D eigenvalue weighted by Crippen LogP contribution is -2.20. The molecule has 0 aliphatic carbocycles. The van der Waals surface area contributed by atoms with Gasteiger partial charge in [0.05, 0.1) is 5.70 Å². The van der Waals surface area contributed by atoms with Crippen LogP contribution in [0.2, 0.25) is 0 Å². The highest BCUT2D eigenvalue weighted by atomic mass is 16.1. The summed E-state index contributed by atoms with van der Waals surface area (Å²) in [7, 11) is 0. The van der Waals surface area contributed by atoms with E-state index in [-0.39, 0.29) is 11.6 Å². The van der Waals surface area contributed by atoms with Crippen molar-refractivity contribution in [3.05, 3.63) is 11.8 Å². The van der Waals surface area contributed by atoms with Crippen LogP contribution >= 0.6 is 0 Å². The SMILES string of the molecule is CC(C)C=C(N)C(N)=O. The Balaban J connectivity index is 4.00. The Labute approximate surface area is 54.7 Å². The number of amides is 1. The highest BCUT2D eigenvalue weighted by Gasteiger charge is 1.97. The Kier molecular flexibility index (Phi) is 2.78. The van der Waals surface area contributed by atoms with Gasteiger partial charge in [0.1, 0.15) is 0 Å². The van der Waals surface area contributed by atoms with Gasteiger partial charge in [0.2, 0.25) is 0 Å². The zero-order chi connectivity index (χ0) is 7.44. The van der Waals surface area contributed by atoms with Gasteiger partial charge in [-0.15, -0.1) is 0 Å². The number of primary amides is 1. The van der Waals surface area contributed by atoms with Crippen LogP contribution in [0.5, 0.6) is 0 Å². The summed E-state index contributed by atoms with van der Waals surface area (Å²) in [6.45, 7) is 3.85. The van der Waals surface area contributed by atoms with Crippen LogP contribution in [0.15, 0.2) is 11.8 Å². The van der Waals surface area contributed by atoms with Gasteiger partial charge in [-0.3, -0.25) is 4.79 Å². The lowest BCUT2D eigenvalue weighted by Gasteiger charge is -1.96. The molecule has 0 saturated heterocycles. The van der Waals surface area contributed by atoms with E-state index in [4.69, 9.17) is 11.5 Å². The first kappa shape index (κ1) is 8.01. The Bertz CT molecular complexity index is 138. The van der Waals surface area contributed by atoms with Crippen LogP contribution < -0.4 is 11.5 Å². The predicted octanol–water partition coefficient (Wildman–Crippen LogP) is -0.0297. The lowest BCUT2D eigenvalue weighted by molar-refractivity contribution is -0.114. The fourth-order valence-electron chi connectivity index (χ4n) is 0.441. The largest absolute Gasteiger partial charge is 0.395 e. The van der Waals surface area contributed by atoms with Gasteiger partial charge in [-0.1, -0.05) is 19.9 Å². The minimum Gasteiger partial charge on any atom is -0.395 e. The van der Waals surface area contributed by atoms with E-state index in [9.17, 15) is 4.79 Å². The molecule has 9 heavy (non-hydrogen) atoms. The normalized spacial score (nSPS) is 12.1. The van der Waals surface area contributed by atoms with Gasteiger partial charge in [-0.05, 0) is 5.92 Å². The second kappa shape index (κ2) is 3.12. The number of hydrogen-bond acceptors (Lipinski definition) is 2. The smallest absolute Gasteiger partial charge is 0.264 e. The molecule has 0 aliphatic heterocycles. The van der Waals surface area contributed by atoms with Crippen molar-refractivity contribution in [2.45, 2.75) is 13.8 Å². The summed E-state index contributed by atoms with van der Waals surface area (Å²) in [5.41, 5.74) is 10.2. The third-order valence-electron chi connectivity index (χ3n) is 0.797. The molecule has 0 saturated carbocycles. The lowest BCUT2D eigenvalue weighted by atomic mass is 10.2.